The molecule has 0 fully saturated rings. The van der Waals surface area contributed by atoms with Gasteiger partial charge >= 0.3 is 5.69 Å². The summed E-state index contributed by atoms with van der Waals surface area (Å²) in [5.74, 6) is -0.228. The van der Waals surface area contributed by atoms with Gasteiger partial charge in [0.2, 0.25) is 5.88 Å². The lowest BCUT2D eigenvalue weighted by atomic mass is 10.1. The minimum Gasteiger partial charge on any atom is -0.494 e. The van der Waals surface area contributed by atoms with Crippen molar-refractivity contribution < 1.29 is 5.11 Å². The van der Waals surface area contributed by atoms with Crippen LogP contribution in [0.15, 0.2) is 33.9 Å². The molecule has 0 aliphatic carbocycles. The van der Waals surface area contributed by atoms with E-state index in [9.17, 15) is 14.7 Å². The molecule has 0 unspecified atom stereocenters. The molecule has 2 rings (SSSR count). The van der Waals surface area contributed by atoms with Gasteiger partial charge in [-0.3, -0.25) is 14.3 Å². The van der Waals surface area contributed by atoms with Crippen LogP contribution in [0.2, 0.25) is 0 Å². The lowest BCUT2D eigenvalue weighted by molar-refractivity contribution is 0.393. The van der Waals surface area contributed by atoms with Crippen molar-refractivity contribution in [2.75, 3.05) is 0 Å². The molecule has 1 heterocycles. The second kappa shape index (κ2) is 5.77. The summed E-state index contributed by atoms with van der Waals surface area (Å²) in [6, 6.07) is 7.97. The number of rotatable bonds is 4. The van der Waals surface area contributed by atoms with Crippen molar-refractivity contribution in [3.63, 3.8) is 0 Å². The van der Waals surface area contributed by atoms with Crippen LogP contribution in [0.5, 0.6) is 5.88 Å². The van der Waals surface area contributed by atoms with Gasteiger partial charge in [0.05, 0.1) is 5.56 Å². The van der Waals surface area contributed by atoms with Gasteiger partial charge in [0, 0.05) is 6.54 Å². The van der Waals surface area contributed by atoms with Crippen LogP contribution >= 0.6 is 0 Å². The Labute approximate surface area is 116 Å². The first-order chi connectivity index (χ1) is 9.52. The molecule has 0 aliphatic heterocycles. The molecule has 0 aliphatic rings. The predicted octanol–water partition coefficient (Wildman–Crippen LogP) is 1.36. The molecular formula is C15H18N2O3. The molecule has 0 atom stereocenters. The van der Waals surface area contributed by atoms with Gasteiger partial charge in [0.15, 0.2) is 0 Å². The zero-order valence-corrected chi connectivity index (χ0v) is 11.6. The normalized spacial score (nSPS) is 10.7. The third kappa shape index (κ3) is 2.82. The second-order valence-electron chi connectivity index (χ2n) is 4.81. The number of aromatic hydroxyl groups is 1. The number of nitrogens with zero attached hydrogens (tertiary/aromatic N) is 1. The Hall–Kier alpha value is -2.30. The van der Waals surface area contributed by atoms with E-state index in [1.54, 1.807) is 6.92 Å². The van der Waals surface area contributed by atoms with Crippen LogP contribution in [0.25, 0.3) is 0 Å². The van der Waals surface area contributed by atoms with Crippen molar-refractivity contribution in [2.45, 2.75) is 33.2 Å². The van der Waals surface area contributed by atoms with Crippen LogP contribution in [0.3, 0.4) is 0 Å². The lowest BCUT2D eigenvalue weighted by Gasteiger charge is -2.10. The number of H-pyrrole nitrogens is 1. The summed E-state index contributed by atoms with van der Waals surface area (Å²) >= 11 is 0. The molecule has 0 bridgehead atoms. The number of hydrogen-bond acceptors (Lipinski definition) is 3. The SMILES string of the molecule is CCc1c(O)n(CCc2cccc(C)c2)c(=O)[nH]c1=O. The molecule has 2 N–H and O–H groups in total. The molecule has 2 aromatic rings. The van der Waals surface area contributed by atoms with Gasteiger partial charge in [-0.25, -0.2) is 4.79 Å². The summed E-state index contributed by atoms with van der Waals surface area (Å²) in [5.41, 5.74) is 1.39. The Bertz CT molecular complexity index is 729. The van der Waals surface area contributed by atoms with E-state index in [1.165, 1.54) is 4.57 Å². The van der Waals surface area contributed by atoms with Gasteiger partial charge in [-0.2, -0.15) is 0 Å². The monoisotopic (exact) mass is 274 g/mol. The maximum Gasteiger partial charge on any atom is 0.331 e. The van der Waals surface area contributed by atoms with E-state index >= 15 is 0 Å². The Kier molecular flexibility index (Phi) is 4.08. The van der Waals surface area contributed by atoms with E-state index in [0.717, 1.165) is 11.1 Å². The number of nitrogens with one attached hydrogen (secondary N) is 1. The first kappa shape index (κ1) is 14.1. The first-order valence-corrected chi connectivity index (χ1v) is 6.63. The molecule has 20 heavy (non-hydrogen) atoms. The quantitative estimate of drug-likeness (QED) is 0.884. The number of hydrogen-bond donors (Lipinski definition) is 2. The van der Waals surface area contributed by atoms with Crippen LogP contribution in [-0.4, -0.2) is 14.7 Å². The van der Waals surface area contributed by atoms with Crippen LogP contribution < -0.4 is 11.2 Å². The highest BCUT2D eigenvalue weighted by Gasteiger charge is 2.12. The Morgan fingerprint density at radius 1 is 1.30 bits per heavy atom. The molecule has 1 aromatic heterocycles. The highest BCUT2D eigenvalue weighted by Crippen LogP contribution is 2.12. The van der Waals surface area contributed by atoms with E-state index in [0.29, 0.717) is 19.4 Å². The fraction of sp³-hybridized carbons (Fsp3) is 0.333. The highest BCUT2D eigenvalue weighted by atomic mass is 16.3. The van der Waals surface area contributed by atoms with E-state index in [-0.39, 0.29) is 11.4 Å². The third-order valence-electron chi connectivity index (χ3n) is 3.33. The number of aromatic amines is 1. The fourth-order valence-electron chi connectivity index (χ4n) is 2.24. The fourth-order valence-corrected chi connectivity index (χ4v) is 2.24. The zero-order chi connectivity index (χ0) is 14.7. The average molecular weight is 274 g/mol. The number of benzene rings is 1. The largest absolute Gasteiger partial charge is 0.494 e. The molecule has 0 saturated heterocycles. The van der Waals surface area contributed by atoms with E-state index in [1.807, 2.05) is 31.2 Å². The standard InChI is InChI=1S/C15H18N2O3/c1-3-12-13(18)16-15(20)17(14(12)19)8-7-11-6-4-5-10(2)9-11/h4-6,9,19H,3,7-8H2,1-2H3,(H,16,18,20). The predicted molar refractivity (Wildman–Crippen MR) is 77.2 cm³/mol. The molecule has 0 spiro atoms. The minimum atomic E-state index is -0.572. The summed E-state index contributed by atoms with van der Waals surface area (Å²) in [6.07, 6.45) is 0.996. The Morgan fingerprint density at radius 2 is 2.05 bits per heavy atom. The summed E-state index contributed by atoms with van der Waals surface area (Å²) in [5, 5.41) is 10.0. The average Bonchev–Trinajstić information content (AvgIpc) is 2.38. The van der Waals surface area contributed by atoms with E-state index in [2.05, 4.69) is 4.98 Å². The maximum absolute atomic E-state index is 11.8. The maximum atomic E-state index is 11.8. The van der Waals surface area contributed by atoms with Gasteiger partial charge in [-0.1, -0.05) is 36.8 Å². The van der Waals surface area contributed by atoms with E-state index < -0.39 is 11.2 Å². The third-order valence-corrected chi connectivity index (χ3v) is 3.33. The van der Waals surface area contributed by atoms with Crippen LogP contribution in [0.4, 0.5) is 0 Å². The number of aryl methyl sites for hydroxylation is 2. The van der Waals surface area contributed by atoms with Gasteiger partial charge in [-0.05, 0) is 25.3 Å². The minimum absolute atomic E-state index is 0.228. The summed E-state index contributed by atoms with van der Waals surface area (Å²) in [6.45, 7) is 4.10. The van der Waals surface area contributed by atoms with Crippen molar-refractivity contribution in [2.24, 2.45) is 0 Å². The van der Waals surface area contributed by atoms with Crippen molar-refractivity contribution in [3.8, 4) is 5.88 Å². The van der Waals surface area contributed by atoms with Gasteiger partial charge < -0.3 is 5.11 Å². The molecule has 0 amide bonds. The van der Waals surface area contributed by atoms with Crippen molar-refractivity contribution in [1.29, 1.82) is 0 Å². The summed E-state index contributed by atoms with van der Waals surface area (Å²) in [7, 11) is 0. The highest BCUT2D eigenvalue weighted by molar-refractivity contribution is 5.24. The van der Waals surface area contributed by atoms with Crippen LogP contribution in [0.1, 0.15) is 23.6 Å². The molecule has 5 nitrogen and oxygen atoms in total. The zero-order valence-electron chi connectivity index (χ0n) is 11.6. The molecule has 106 valence electrons. The molecule has 5 heteroatoms. The van der Waals surface area contributed by atoms with Crippen LogP contribution in [-0.2, 0) is 19.4 Å². The van der Waals surface area contributed by atoms with Crippen molar-refractivity contribution in [3.05, 3.63) is 61.8 Å². The summed E-state index contributed by atoms with van der Waals surface area (Å²) < 4.78 is 1.21. The lowest BCUT2D eigenvalue weighted by Crippen LogP contribution is -2.32. The van der Waals surface area contributed by atoms with Crippen LogP contribution in [0, 0.1) is 6.92 Å². The second-order valence-corrected chi connectivity index (χ2v) is 4.81. The van der Waals surface area contributed by atoms with E-state index in [4.69, 9.17) is 0 Å². The Morgan fingerprint density at radius 3 is 2.70 bits per heavy atom. The first-order valence-electron chi connectivity index (χ1n) is 6.63. The molecule has 1 aromatic carbocycles. The van der Waals surface area contributed by atoms with Crippen molar-refractivity contribution in [1.82, 2.24) is 9.55 Å². The van der Waals surface area contributed by atoms with Gasteiger partial charge in [0.1, 0.15) is 0 Å². The topological polar surface area (TPSA) is 75.1 Å². The molecule has 0 saturated carbocycles. The smallest absolute Gasteiger partial charge is 0.331 e. The molecule has 0 radical (unpaired) electrons. The number of aromatic nitrogens is 2. The Balaban J connectivity index is 2.30. The molecular weight excluding hydrogens is 256 g/mol. The van der Waals surface area contributed by atoms with Gasteiger partial charge in [-0.15, -0.1) is 0 Å². The summed E-state index contributed by atoms with van der Waals surface area (Å²) in [4.78, 5) is 25.5. The van der Waals surface area contributed by atoms with Crippen molar-refractivity contribution >= 4 is 0 Å². The van der Waals surface area contributed by atoms with Gasteiger partial charge in [0.25, 0.3) is 5.56 Å².